The molecule has 1 saturated heterocycles. The van der Waals surface area contributed by atoms with Crippen molar-refractivity contribution in [2.24, 2.45) is 0 Å². The van der Waals surface area contributed by atoms with Crippen molar-refractivity contribution in [3.63, 3.8) is 0 Å². The summed E-state index contributed by atoms with van der Waals surface area (Å²) in [5, 5.41) is 2.96. The maximum Gasteiger partial charge on any atom is 0.321 e. The van der Waals surface area contributed by atoms with E-state index in [2.05, 4.69) is 55.3 Å². The Balaban J connectivity index is 1.64. The van der Waals surface area contributed by atoms with Crippen LogP contribution in [0.5, 0.6) is 11.5 Å². The first-order chi connectivity index (χ1) is 13.8. The van der Waals surface area contributed by atoms with Crippen molar-refractivity contribution in [3.8, 4) is 11.5 Å². The van der Waals surface area contributed by atoms with Crippen LogP contribution in [-0.4, -0.2) is 51.3 Å². The number of para-hydroxylation sites is 1. The van der Waals surface area contributed by atoms with Gasteiger partial charge in [-0.2, -0.15) is 0 Å². The van der Waals surface area contributed by atoms with Gasteiger partial charge in [-0.15, -0.1) is 0 Å². The van der Waals surface area contributed by atoms with Crippen molar-refractivity contribution in [3.05, 3.63) is 48.0 Å². The van der Waals surface area contributed by atoms with Crippen LogP contribution in [0.4, 0.5) is 16.2 Å². The molecule has 0 spiro atoms. The van der Waals surface area contributed by atoms with Gasteiger partial charge in [0.15, 0.2) is 11.5 Å². The van der Waals surface area contributed by atoms with Crippen molar-refractivity contribution < 1.29 is 14.3 Å². The number of nitrogens with zero attached hydrogens (tertiary/aromatic N) is 2. The highest BCUT2D eigenvalue weighted by Crippen LogP contribution is 2.33. The average molecular weight is 398 g/mol. The number of methoxy groups -OCH3 is 2. The number of ether oxygens (including phenoxy) is 2. The third-order valence-corrected chi connectivity index (χ3v) is 5.25. The summed E-state index contributed by atoms with van der Waals surface area (Å²) >= 11 is 0. The first-order valence-electron chi connectivity index (χ1n) is 9.96. The van der Waals surface area contributed by atoms with Gasteiger partial charge in [0, 0.05) is 43.6 Å². The molecule has 3 rings (SSSR count). The summed E-state index contributed by atoms with van der Waals surface area (Å²) < 4.78 is 10.6. The van der Waals surface area contributed by atoms with Gasteiger partial charge in [0.25, 0.3) is 0 Å². The molecule has 29 heavy (non-hydrogen) atoms. The molecule has 1 fully saturated rings. The summed E-state index contributed by atoms with van der Waals surface area (Å²) in [6.07, 6.45) is 0. The summed E-state index contributed by atoms with van der Waals surface area (Å²) in [5.41, 5.74) is 3.37. The van der Waals surface area contributed by atoms with Gasteiger partial charge >= 0.3 is 6.03 Å². The first-order valence-corrected chi connectivity index (χ1v) is 9.96. The monoisotopic (exact) mass is 397 g/mol. The molecule has 1 aliphatic heterocycles. The summed E-state index contributed by atoms with van der Waals surface area (Å²) in [7, 11) is 3.17. The van der Waals surface area contributed by atoms with Gasteiger partial charge in [-0.1, -0.05) is 39.0 Å². The van der Waals surface area contributed by atoms with E-state index < -0.39 is 0 Å². The molecular formula is C23H31N3O3. The highest BCUT2D eigenvalue weighted by molar-refractivity contribution is 5.90. The molecule has 1 N–H and O–H groups in total. The van der Waals surface area contributed by atoms with Crippen LogP contribution in [0.25, 0.3) is 0 Å². The number of carbonyl (C=O) groups excluding carboxylic acids is 1. The molecule has 2 aromatic carbocycles. The minimum atomic E-state index is -0.0963. The molecule has 2 amide bonds. The van der Waals surface area contributed by atoms with Crippen LogP contribution in [-0.2, 0) is 5.41 Å². The van der Waals surface area contributed by atoms with Gasteiger partial charge in [-0.25, -0.2) is 4.79 Å². The highest BCUT2D eigenvalue weighted by Gasteiger charge is 2.25. The van der Waals surface area contributed by atoms with Crippen LogP contribution in [0.2, 0.25) is 0 Å². The Hall–Kier alpha value is -2.89. The zero-order valence-electron chi connectivity index (χ0n) is 18.0. The van der Waals surface area contributed by atoms with Crippen molar-refractivity contribution in [2.45, 2.75) is 26.2 Å². The van der Waals surface area contributed by atoms with E-state index in [0.29, 0.717) is 30.3 Å². The number of carbonyl (C=O) groups is 1. The normalized spacial score (nSPS) is 14.5. The standard InChI is InChI=1S/C23H31N3O3/c1-23(2,3)18-8-6-7-9-19(18)25-12-14-26(15-13-25)22(27)24-17-10-11-20(28-4)21(16-17)29-5/h6-11,16H,12-15H2,1-5H3,(H,24,27). The number of rotatable bonds is 4. The minimum Gasteiger partial charge on any atom is -0.493 e. The van der Waals surface area contributed by atoms with Crippen LogP contribution in [0.1, 0.15) is 26.3 Å². The van der Waals surface area contributed by atoms with Crippen LogP contribution >= 0.6 is 0 Å². The smallest absolute Gasteiger partial charge is 0.321 e. The van der Waals surface area contributed by atoms with E-state index in [1.54, 1.807) is 26.4 Å². The maximum absolute atomic E-state index is 12.7. The second-order valence-corrected chi connectivity index (χ2v) is 8.24. The lowest BCUT2D eigenvalue weighted by Gasteiger charge is -2.38. The van der Waals surface area contributed by atoms with Crippen molar-refractivity contribution in [1.82, 2.24) is 4.90 Å². The van der Waals surface area contributed by atoms with Crippen molar-refractivity contribution in [2.75, 3.05) is 50.6 Å². The van der Waals surface area contributed by atoms with E-state index >= 15 is 0 Å². The zero-order valence-corrected chi connectivity index (χ0v) is 18.0. The second kappa shape index (κ2) is 8.64. The topological polar surface area (TPSA) is 54.0 Å². The molecule has 0 unspecified atom stereocenters. The molecule has 0 aliphatic carbocycles. The average Bonchev–Trinajstić information content (AvgIpc) is 2.73. The SMILES string of the molecule is COc1ccc(NC(=O)N2CCN(c3ccccc3C(C)(C)C)CC2)cc1OC. The zero-order chi connectivity index (χ0) is 21.0. The third kappa shape index (κ3) is 4.75. The molecule has 0 atom stereocenters. The number of piperazine rings is 1. The molecule has 0 aromatic heterocycles. The predicted molar refractivity (Wildman–Crippen MR) is 117 cm³/mol. The Kier molecular flexibility index (Phi) is 6.20. The molecule has 1 heterocycles. The molecule has 2 aromatic rings. The maximum atomic E-state index is 12.7. The van der Waals surface area contributed by atoms with Gasteiger partial charge in [0.05, 0.1) is 14.2 Å². The number of amides is 2. The fourth-order valence-electron chi connectivity index (χ4n) is 3.65. The van der Waals surface area contributed by atoms with E-state index in [-0.39, 0.29) is 11.4 Å². The largest absolute Gasteiger partial charge is 0.493 e. The van der Waals surface area contributed by atoms with Crippen molar-refractivity contribution >= 4 is 17.4 Å². The number of benzene rings is 2. The summed E-state index contributed by atoms with van der Waals surface area (Å²) in [6.45, 7) is 9.68. The molecule has 0 bridgehead atoms. The van der Waals surface area contributed by atoms with Crippen molar-refractivity contribution in [1.29, 1.82) is 0 Å². The van der Waals surface area contributed by atoms with Crippen LogP contribution < -0.4 is 19.7 Å². The van der Waals surface area contributed by atoms with E-state index in [1.165, 1.54) is 11.3 Å². The number of hydrogen-bond acceptors (Lipinski definition) is 4. The van der Waals surface area contributed by atoms with E-state index in [4.69, 9.17) is 9.47 Å². The van der Waals surface area contributed by atoms with E-state index in [1.807, 2.05) is 11.0 Å². The Morgan fingerprint density at radius 1 is 0.931 bits per heavy atom. The third-order valence-electron chi connectivity index (χ3n) is 5.25. The molecule has 0 saturated carbocycles. The predicted octanol–water partition coefficient (Wildman–Crippen LogP) is 4.36. The van der Waals surface area contributed by atoms with Gasteiger partial charge in [0.1, 0.15) is 0 Å². The molecular weight excluding hydrogens is 366 g/mol. The quantitative estimate of drug-likeness (QED) is 0.833. The molecule has 6 heteroatoms. The lowest BCUT2D eigenvalue weighted by Crippen LogP contribution is -2.50. The van der Waals surface area contributed by atoms with E-state index in [9.17, 15) is 4.79 Å². The fraction of sp³-hybridized carbons (Fsp3) is 0.435. The number of hydrogen-bond donors (Lipinski definition) is 1. The molecule has 1 aliphatic rings. The summed E-state index contributed by atoms with van der Waals surface area (Å²) in [4.78, 5) is 16.9. The summed E-state index contributed by atoms with van der Waals surface area (Å²) in [5.74, 6) is 1.23. The molecule has 0 radical (unpaired) electrons. The Morgan fingerprint density at radius 3 is 2.21 bits per heavy atom. The molecule has 6 nitrogen and oxygen atoms in total. The first kappa shape index (κ1) is 20.8. The second-order valence-electron chi connectivity index (χ2n) is 8.24. The van der Waals surface area contributed by atoms with Crippen LogP contribution in [0, 0.1) is 0 Å². The number of anilines is 2. The van der Waals surface area contributed by atoms with E-state index in [0.717, 1.165) is 13.1 Å². The summed E-state index contributed by atoms with van der Waals surface area (Å²) in [6, 6.07) is 13.8. The minimum absolute atomic E-state index is 0.0819. The Labute approximate surface area is 173 Å². The van der Waals surface area contributed by atoms with Crippen LogP contribution in [0.3, 0.4) is 0 Å². The van der Waals surface area contributed by atoms with Gasteiger partial charge < -0.3 is 24.6 Å². The molecule has 156 valence electrons. The van der Waals surface area contributed by atoms with Crippen LogP contribution in [0.15, 0.2) is 42.5 Å². The van der Waals surface area contributed by atoms with Gasteiger partial charge in [-0.3, -0.25) is 0 Å². The Bertz CT molecular complexity index is 853. The van der Waals surface area contributed by atoms with Gasteiger partial charge in [0.2, 0.25) is 0 Å². The fourth-order valence-corrected chi connectivity index (χ4v) is 3.65. The Morgan fingerprint density at radius 2 is 1.59 bits per heavy atom. The highest BCUT2D eigenvalue weighted by atomic mass is 16.5. The lowest BCUT2D eigenvalue weighted by molar-refractivity contribution is 0.208. The number of urea groups is 1. The number of nitrogens with one attached hydrogen (secondary N) is 1. The van der Waals surface area contributed by atoms with Gasteiger partial charge in [-0.05, 0) is 29.2 Å². The lowest BCUT2D eigenvalue weighted by atomic mass is 9.85.